The molecule has 18 heavy (non-hydrogen) atoms. The molecule has 0 aromatic heterocycles. The first kappa shape index (κ1) is 12.8. The maximum absolute atomic E-state index is 12.3. The van der Waals surface area contributed by atoms with Gasteiger partial charge >= 0.3 is 0 Å². The highest BCUT2D eigenvalue weighted by molar-refractivity contribution is 6.32. The number of allylic oxidation sites excluding steroid dienone is 2. The van der Waals surface area contributed by atoms with Gasteiger partial charge in [-0.15, -0.1) is 0 Å². The van der Waals surface area contributed by atoms with E-state index in [1.165, 1.54) is 6.07 Å². The molecule has 0 heterocycles. The topological polar surface area (TPSA) is 43.4 Å². The van der Waals surface area contributed by atoms with Crippen molar-refractivity contribution in [3.8, 4) is 0 Å². The van der Waals surface area contributed by atoms with E-state index >= 15 is 0 Å². The fourth-order valence-electron chi connectivity index (χ4n) is 2.05. The Morgan fingerprint density at radius 1 is 1.11 bits per heavy atom. The van der Waals surface area contributed by atoms with Gasteiger partial charge in [0.15, 0.2) is 11.5 Å². The molecule has 94 valence electrons. The zero-order valence-corrected chi connectivity index (χ0v) is 11.0. The molecule has 0 spiro atoms. The van der Waals surface area contributed by atoms with Crippen LogP contribution in [0.3, 0.4) is 0 Å². The summed E-state index contributed by atoms with van der Waals surface area (Å²) in [6.45, 7) is 3.98. The minimum absolute atomic E-state index is 0.168. The predicted molar refractivity (Wildman–Crippen MR) is 69.1 cm³/mol. The predicted octanol–water partition coefficient (Wildman–Crippen LogP) is 3.42. The van der Waals surface area contributed by atoms with Crippen LogP contribution in [0.15, 0.2) is 29.5 Å². The summed E-state index contributed by atoms with van der Waals surface area (Å²) < 4.78 is 5.33. The van der Waals surface area contributed by atoms with Crippen molar-refractivity contribution < 1.29 is 14.3 Å². The first-order valence-electron chi connectivity index (χ1n) is 5.85. The Morgan fingerprint density at radius 2 is 1.83 bits per heavy atom. The number of carbonyl (C=O) groups is 2. The van der Waals surface area contributed by atoms with Crippen LogP contribution in [0.2, 0.25) is 5.02 Å². The molecule has 1 aromatic carbocycles. The van der Waals surface area contributed by atoms with E-state index in [-0.39, 0.29) is 17.3 Å². The van der Waals surface area contributed by atoms with Crippen LogP contribution in [-0.4, -0.2) is 18.2 Å². The molecule has 3 nitrogen and oxygen atoms in total. The lowest BCUT2D eigenvalue weighted by atomic mass is 9.87. The summed E-state index contributed by atoms with van der Waals surface area (Å²) in [7, 11) is 0. The van der Waals surface area contributed by atoms with Crippen molar-refractivity contribution in [1.82, 2.24) is 0 Å². The van der Waals surface area contributed by atoms with E-state index in [9.17, 15) is 9.59 Å². The zero-order chi connectivity index (χ0) is 13.3. The van der Waals surface area contributed by atoms with E-state index in [4.69, 9.17) is 16.3 Å². The lowest BCUT2D eigenvalue weighted by Gasteiger charge is -2.20. The maximum Gasteiger partial charge on any atom is 0.228 e. The number of rotatable bonds is 3. The van der Waals surface area contributed by atoms with Gasteiger partial charge in [-0.2, -0.15) is 0 Å². The Hall–Kier alpha value is -1.61. The van der Waals surface area contributed by atoms with Crippen molar-refractivity contribution >= 4 is 23.2 Å². The largest absolute Gasteiger partial charge is 0.489 e. The SMILES string of the molecule is CCOC1=C(CC)C(=O)c2cc(Cl)ccc2C1=O. The summed E-state index contributed by atoms with van der Waals surface area (Å²) in [4.78, 5) is 24.5. The first-order chi connectivity index (χ1) is 8.60. The average Bonchev–Trinajstić information content (AvgIpc) is 2.36. The van der Waals surface area contributed by atoms with Crippen molar-refractivity contribution in [3.63, 3.8) is 0 Å². The van der Waals surface area contributed by atoms with E-state index in [2.05, 4.69) is 0 Å². The second-order valence-electron chi connectivity index (χ2n) is 3.94. The van der Waals surface area contributed by atoms with Crippen LogP contribution in [0.25, 0.3) is 0 Å². The van der Waals surface area contributed by atoms with Crippen molar-refractivity contribution in [2.75, 3.05) is 6.61 Å². The molecule has 0 N–H and O–H groups in total. The first-order valence-corrected chi connectivity index (χ1v) is 6.22. The van der Waals surface area contributed by atoms with Gasteiger partial charge in [0.05, 0.1) is 6.61 Å². The highest BCUT2D eigenvalue weighted by Gasteiger charge is 2.32. The Labute approximate surface area is 110 Å². The molecule has 0 atom stereocenters. The van der Waals surface area contributed by atoms with E-state index in [0.29, 0.717) is 34.8 Å². The molecule has 0 saturated heterocycles. The second-order valence-corrected chi connectivity index (χ2v) is 4.38. The number of fused-ring (bicyclic) bond motifs is 1. The van der Waals surface area contributed by atoms with Crippen LogP contribution < -0.4 is 0 Å². The average molecular weight is 265 g/mol. The lowest BCUT2D eigenvalue weighted by Crippen LogP contribution is -2.23. The van der Waals surface area contributed by atoms with Gasteiger partial charge in [0.1, 0.15) is 0 Å². The fraction of sp³-hybridized carbons (Fsp3) is 0.286. The number of carbonyl (C=O) groups excluding carboxylic acids is 2. The minimum Gasteiger partial charge on any atom is -0.489 e. The quantitative estimate of drug-likeness (QED) is 0.840. The molecule has 2 rings (SSSR count). The second kappa shape index (κ2) is 4.94. The summed E-state index contributed by atoms with van der Waals surface area (Å²) in [5.74, 6) is -0.224. The monoisotopic (exact) mass is 264 g/mol. The minimum atomic E-state index is -0.236. The van der Waals surface area contributed by atoms with Gasteiger partial charge in [0, 0.05) is 21.7 Å². The molecule has 1 aliphatic rings. The van der Waals surface area contributed by atoms with E-state index in [0.717, 1.165) is 0 Å². The van der Waals surface area contributed by atoms with Crippen LogP contribution >= 0.6 is 11.6 Å². The van der Waals surface area contributed by atoms with Gasteiger partial charge in [0.25, 0.3) is 0 Å². The van der Waals surface area contributed by atoms with Crippen molar-refractivity contribution in [2.45, 2.75) is 20.3 Å². The van der Waals surface area contributed by atoms with Crippen molar-refractivity contribution in [1.29, 1.82) is 0 Å². The number of halogens is 1. The van der Waals surface area contributed by atoms with Gasteiger partial charge in [-0.05, 0) is 31.5 Å². The van der Waals surface area contributed by atoms with Gasteiger partial charge < -0.3 is 4.74 Å². The van der Waals surface area contributed by atoms with Gasteiger partial charge in [-0.3, -0.25) is 9.59 Å². The molecule has 0 fully saturated rings. The van der Waals surface area contributed by atoms with Crippen LogP contribution in [0, 0.1) is 0 Å². The molecular weight excluding hydrogens is 252 g/mol. The Kier molecular flexibility index (Phi) is 3.53. The number of hydrogen-bond donors (Lipinski definition) is 0. The fourth-order valence-corrected chi connectivity index (χ4v) is 2.22. The zero-order valence-electron chi connectivity index (χ0n) is 10.2. The van der Waals surface area contributed by atoms with Crippen LogP contribution in [0.1, 0.15) is 41.0 Å². The number of ketones is 2. The number of hydrogen-bond acceptors (Lipinski definition) is 3. The van der Waals surface area contributed by atoms with E-state index < -0.39 is 0 Å². The van der Waals surface area contributed by atoms with E-state index in [1.54, 1.807) is 19.1 Å². The normalized spacial score (nSPS) is 14.8. The number of ether oxygens (including phenoxy) is 1. The Balaban J connectivity index is 2.62. The summed E-state index contributed by atoms with van der Waals surface area (Å²) in [6.07, 6.45) is 0.464. The van der Waals surface area contributed by atoms with Crippen LogP contribution in [-0.2, 0) is 4.74 Å². The molecule has 0 radical (unpaired) electrons. The third-order valence-corrected chi connectivity index (χ3v) is 3.10. The van der Waals surface area contributed by atoms with E-state index in [1.807, 2.05) is 6.92 Å². The Morgan fingerprint density at radius 3 is 2.44 bits per heavy atom. The highest BCUT2D eigenvalue weighted by atomic mass is 35.5. The number of Topliss-reactive ketones (excluding diaryl/α,β-unsaturated/α-hetero) is 2. The molecule has 0 aliphatic heterocycles. The standard InChI is InChI=1S/C14H13ClO3/c1-3-9-12(16)11-7-8(15)5-6-10(11)13(17)14(9)18-4-2/h5-7H,3-4H2,1-2H3. The molecule has 1 aliphatic carbocycles. The number of benzene rings is 1. The van der Waals surface area contributed by atoms with Crippen LogP contribution in [0.5, 0.6) is 0 Å². The van der Waals surface area contributed by atoms with Gasteiger partial charge in [0.2, 0.25) is 5.78 Å². The summed E-state index contributed by atoms with van der Waals surface area (Å²) >= 11 is 5.87. The third kappa shape index (κ3) is 1.95. The molecule has 0 saturated carbocycles. The highest BCUT2D eigenvalue weighted by Crippen LogP contribution is 2.30. The molecule has 0 bridgehead atoms. The molecule has 4 heteroatoms. The summed E-state index contributed by atoms with van der Waals surface area (Å²) in [5.41, 5.74) is 1.16. The summed E-state index contributed by atoms with van der Waals surface area (Å²) in [5, 5.41) is 0.449. The van der Waals surface area contributed by atoms with Crippen molar-refractivity contribution in [3.05, 3.63) is 45.7 Å². The lowest BCUT2D eigenvalue weighted by molar-refractivity contribution is 0.0878. The molecular formula is C14H13ClO3. The molecule has 1 aromatic rings. The summed E-state index contributed by atoms with van der Waals surface area (Å²) in [6, 6.07) is 4.71. The Bertz CT molecular complexity index is 558. The van der Waals surface area contributed by atoms with Gasteiger partial charge in [-0.25, -0.2) is 0 Å². The smallest absolute Gasteiger partial charge is 0.228 e. The maximum atomic E-state index is 12.3. The third-order valence-electron chi connectivity index (χ3n) is 2.87. The van der Waals surface area contributed by atoms with Crippen molar-refractivity contribution in [2.24, 2.45) is 0 Å². The van der Waals surface area contributed by atoms with Crippen LogP contribution in [0.4, 0.5) is 0 Å². The van der Waals surface area contributed by atoms with Gasteiger partial charge in [-0.1, -0.05) is 18.5 Å². The molecule has 0 unspecified atom stereocenters. The molecule has 0 amide bonds.